The van der Waals surface area contributed by atoms with Crippen LogP contribution < -0.4 is 14.8 Å². The third-order valence-corrected chi connectivity index (χ3v) is 4.38. The minimum absolute atomic E-state index is 0.266. The highest BCUT2D eigenvalue weighted by atomic mass is 35.5. The van der Waals surface area contributed by atoms with Crippen molar-refractivity contribution in [1.29, 1.82) is 0 Å². The van der Waals surface area contributed by atoms with Crippen LogP contribution in [0.1, 0.15) is 37.0 Å². The average molecular weight is 406 g/mol. The van der Waals surface area contributed by atoms with Crippen molar-refractivity contribution in [2.24, 2.45) is 0 Å². The number of hydrogen-bond donors (Lipinski definition) is 1. The molecular formula is C21H28ClN3O3. The highest BCUT2D eigenvalue weighted by Gasteiger charge is 2.11. The van der Waals surface area contributed by atoms with Crippen molar-refractivity contribution in [2.45, 2.75) is 26.7 Å². The van der Waals surface area contributed by atoms with Crippen molar-refractivity contribution in [1.82, 2.24) is 9.88 Å². The summed E-state index contributed by atoms with van der Waals surface area (Å²) in [6, 6.07) is 8.53. The second-order valence-electron chi connectivity index (χ2n) is 6.38. The average Bonchev–Trinajstić information content (AvgIpc) is 2.69. The fourth-order valence-electron chi connectivity index (χ4n) is 2.83. The molecule has 0 radical (unpaired) electrons. The summed E-state index contributed by atoms with van der Waals surface area (Å²) in [5.41, 5.74) is 1.05. The molecule has 0 aliphatic heterocycles. The molecule has 0 spiro atoms. The summed E-state index contributed by atoms with van der Waals surface area (Å²) >= 11 is 5.76. The van der Waals surface area contributed by atoms with Gasteiger partial charge in [0.2, 0.25) is 0 Å². The van der Waals surface area contributed by atoms with Gasteiger partial charge in [-0.2, -0.15) is 0 Å². The summed E-state index contributed by atoms with van der Waals surface area (Å²) < 4.78 is 11.3. The van der Waals surface area contributed by atoms with Crippen molar-refractivity contribution in [3.8, 4) is 11.5 Å². The summed E-state index contributed by atoms with van der Waals surface area (Å²) in [4.78, 5) is 18.7. The van der Waals surface area contributed by atoms with Gasteiger partial charge in [0.05, 0.1) is 12.7 Å². The number of anilines is 1. The number of nitrogens with zero attached hydrogens (tertiary/aromatic N) is 2. The van der Waals surface area contributed by atoms with E-state index in [0.717, 1.165) is 32.5 Å². The van der Waals surface area contributed by atoms with Crippen molar-refractivity contribution in [2.75, 3.05) is 38.7 Å². The molecule has 1 N–H and O–H groups in total. The van der Waals surface area contributed by atoms with Gasteiger partial charge in [0.25, 0.3) is 5.91 Å². The molecule has 152 valence electrons. The Morgan fingerprint density at radius 3 is 2.46 bits per heavy atom. The first-order valence-corrected chi connectivity index (χ1v) is 9.91. The highest BCUT2D eigenvalue weighted by molar-refractivity contribution is 6.29. The highest BCUT2D eigenvalue weighted by Crippen LogP contribution is 2.30. The molecule has 0 aliphatic rings. The first-order chi connectivity index (χ1) is 13.6. The lowest BCUT2D eigenvalue weighted by molar-refractivity contribution is 0.102. The van der Waals surface area contributed by atoms with Gasteiger partial charge in [-0.3, -0.25) is 9.69 Å². The van der Waals surface area contributed by atoms with E-state index >= 15 is 0 Å². The number of methoxy groups -OCH3 is 1. The molecule has 1 heterocycles. The van der Waals surface area contributed by atoms with Crippen LogP contribution in [0.15, 0.2) is 36.5 Å². The normalized spacial score (nSPS) is 10.8. The van der Waals surface area contributed by atoms with Gasteiger partial charge in [-0.25, -0.2) is 4.98 Å². The standard InChI is InChI=1S/C21H28ClN3O3/c1-4-10-25(11-5-2)12-13-28-19-14-17(7-8-18(19)27-3)24-21(26)16-6-9-20(22)23-15-16/h6-9,14-15H,4-5,10-13H2,1-3H3,(H,24,26). The lowest BCUT2D eigenvalue weighted by atomic mass is 10.2. The molecule has 7 heteroatoms. The van der Waals surface area contributed by atoms with Gasteiger partial charge in [-0.05, 0) is 50.2 Å². The zero-order valence-corrected chi connectivity index (χ0v) is 17.5. The number of rotatable bonds is 11. The van der Waals surface area contributed by atoms with Gasteiger partial charge in [0, 0.05) is 24.5 Å². The Morgan fingerprint density at radius 1 is 1.11 bits per heavy atom. The monoisotopic (exact) mass is 405 g/mol. The van der Waals surface area contributed by atoms with Gasteiger partial charge in [0.1, 0.15) is 11.8 Å². The van der Waals surface area contributed by atoms with Gasteiger partial charge < -0.3 is 14.8 Å². The summed E-state index contributed by atoms with van der Waals surface area (Å²) in [6.45, 7) is 7.86. The maximum absolute atomic E-state index is 12.4. The number of hydrogen-bond acceptors (Lipinski definition) is 5. The Labute approximate surface area is 171 Å². The minimum atomic E-state index is -0.266. The number of aromatic nitrogens is 1. The number of benzene rings is 1. The predicted octanol–water partition coefficient (Wildman–Crippen LogP) is 4.50. The van der Waals surface area contributed by atoms with E-state index < -0.39 is 0 Å². The molecule has 0 unspecified atom stereocenters. The van der Waals surface area contributed by atoms with E-state index in [2.05, 4.69) is 29.0 Å². The third kappa shape index (κ3) is 6.69. The fourth-order valence-corrected chi connectivity index (χ4v) is 2.95. The molecule has 0 aliphatic carbocycles. The SMILES string of the molecule is CCCN(CCC)CCOc1cc(NC(=O)c2ccc(Cl)nc2)ccc1OC. The van der Waals surface area contributed by atoms with Crippen molar-refractivity contribution < 1.29 is 14.3 Å². The molecule has 0 atom stereocenters. The van der Waals surface area contributed by atoms with Crippen LogP contribution >= 0.6 is 11.6 Å². The van der Waals surface area contributed by atoms with Gasteiger partial charge >= 0.3 is 0 Å². The third-order valence-electron chi connectivity index (χ3n) is 4.16. The van der Waals surface area contributed by atoms with Crippen LogP contribution in [0.25, 0.3) is 0 Å². The molecule has 1 amide bonds. The van der Waals surface area contributed by atoms with E-state index in [1.165, 1.54) is 6.20 Å². The van der Waals surface area contributed by atoms with E-state index in [1.54, 1.807) is 37.4 Å². The number of ether oxygens (including phenoxy) is 2. The molecule has 0 fully saturated rings. The van der Waals surface area contributed by atoms with Crippen LogP contribution in [0.3, 0.4) is 0 Å². The summed E-state index contributed by atoms with van der Waals surface area (Å²) in [5.74, 6) is 0.962. The Morgan fingerprint density at radius 2 is 1.86 bits per heavy atom. The largest absolute Gasteiger partial charge is 0.493 e. The number of carbonyl (C=O) groups is 1. The molecule has 6 nitrogen and oxygen atoms in total. The lowest BCUT2D eigenvalue weighted by Gasteiger charge is -2.21. The summed E-state index contributed by atoms with van der Waals surface area (Å²) in [6.07, 6.45) is 3.67. The topological polar surface area (TPSA) is 63.7 Å². The Balaban J connectivity index is 2.02. The number of nitrogens with one attached hydrogen (secondary N) is 1. The van der Waals surface area contributed by atoms with E-state index in [1.807, 2.05) is 0 Å². The Kier molecular flexibility index (Phi) is 9.04. The smallest absolute Gasteiger partial charge is 0.257 e. The van der Waals surface area contributed by atoms with Crippen LogP contribution in [-0.4, -0.2) is 49.1 Å². The Hall–Kier alpha value is -2.31. The minimum Gasteiger partial charge on any atom is -0.493 e. The van der Waals surface area contributed by atoms with E-state index in [9.17, 15) is 4.79 Å². The molecule has 2 aromatic rings. The number of halogens is 1. The first kappa shape index (κ1) is 22.0. The second kappa shape index (κ2) is 11.5. The van der Waals surface area contributed by atoms with E-state index in [-0.39, 0.29) is 5.91 Å². The van der Waals surface area contributed by atoms with Crippen LogP contribution in [0.2, 0.25) is 5.15 Å². The molecule has 1 aromatic carbocycles. The molecule has 1 aromatic heterocycles. The van der Waals surface area contributed by atoms with Gasteiger partial charge in [-0.1, -0.05) is 25.4 Å². The van der Waals surface area contributed by atoms with E-state index in [4.69, 9.17) is 21.1 Å². The lowest BCUT2D eigenvalue weighted by Crippen LogP contribution is -2.30. The number of carbonyl (C=O) groups excluding carboxylic acids is 1. The van der Waals surface area contributed by atoms with Crippen LogP contribution in [-0.2, 0) is 0 Å². The second-order valence-corrected chi connectivity index (χ2v) is 6.77. The fraction of sp³-hybridized carbons (Fsp3) is 0.429. The maximum Gasteiger partial charge on any atom is 0.257 e. The number of amides is 1. The predicted molar refractivity (Wildman–Crippen MR) is 113 cm³/mol. The van der Waals surface area contributed by atoms with Crippen molar-refractivity contribution in [3.05, 3.63) is 47.2 Å². The van der Waals surface area contributed by atoms with Crippen molar-refractivity contribution >= 4 is 23.2 Å². The van der Waals surface area contributed by atoms with Gasteiger partial charge in [-0.15, -0.1) is 0 Å². The summed E-state index contributed by atoms with van der Waals surface area (Å²) in [5, 5.41) is 3.19. The Bertz CT molecular complexity index is 747. The van der Waals surface area contributed by atoms with Crippen LogP contribution in [0.5, 0.6) is 11.5 Å². The van der Waals surface area contributed by atoms with Crippen LogP contribution in [0, 0.1) is 0 Å². The quantitative estimate of drug-likeness (QED) is 0.558. The number of pyridine rings is 1. The van der Waals surface area contributed by atoms with Gasteiger partial charge in [0.15, 0.2) is 11.5 Å². The first-order valence-electron chi connectivity index (χ1n) is 9.53. The van der Waals surface area contributed by atoms with Crippen molar-refractivity contribution in [3.63, 3.8) is 0 Å². The molecule has 0 bridgehead atoms. The van der Waals surface area contributed by atoms with Crippen LogP contribution in [0.4, 0.5) is 5.69 Å². The zero-order valence-electron chi connectivity index (χ0n) is 16.7. The maximum atomic E-state index is 12.4. The molecule has 2 rings (SSSR count). The zero-order chi connectivity index (χ0) is 20.4. The molecule has 0 saturated heterocycles. The molecular weight excluding hydrogens is 378 g/mol. The van der Waals surface area contributed by atoms with E-state index in [0.29, 0.717) is 34.5 Å². The summed E-state index contributed by atoms with van der Waals surface area (Å²) in [7, 11) is 1.60. The molecule has 28 heavy (non-hydrogen) atoms. The molecule has 0 saturated carbocycles.